The Bertz CT molecular complexity index is 893. The van der Waals surface area contributed by atoms with Gasteiger partial charge in [-0.05, 0) is 48.2 Å². The van der Waals surface area contributed by atoms with Crippen LogP contribution in [0.1, 0.15) is 11.1 Å². The van der Waals surface area contributed by atoms with Crippen molar-refractivity contribution >= 4 is 22.8 Å². The first kappa shape index (κ1) is 14.1. The zero-order valence-corrected chi connectivity index (χ0v) is 12.5. The van der Waals surface area contributed by atoms with E-state index in [0.29, 0.717) is 5.56 Å². The highest BCUT2D eigenvalue weighted by atomic mass is 16.5. The molecule has 0 bridgehead atoms. The molecule has 0 fully saturated rings. The fraction of sp³-hybridized carbons (Fsp3) is 0.111. The van der Waals surface area contributed by atoms with Gasteiger partial charge in [-0.25, -0.2) is 0 Å². The Kier molecular flexibility index (Phi) is 3.74. The molecule has 3 rings (SSSR count). The van der Waals surface area contributed by atoms with E-state index < -0.39 is 0 Å². The van der Waals surface area contributed by atoms with E-state index in [1.165, 1.54) is 0 Å². The van der Waals surface area contributed by atoms with Crippen LogP contribution in [0.3, 0.4) is 0 Å². The largest absolute Gasteiger partial charge is 0.497 e. The second-order valence-electron chi connectivity index (χ2n) is 5.05. The molecule has 110 valence electrons. The number of hydrogen-bond donors (Lipinski definition) is 1. The van der Waals surface area contributed by atoms with Gasteiger partial charge in [0, 0.05) is 6.21 Å². The number of hydrogen-bond acceptors (Lipinski definition) is 3. The predicted molar refractivity (Wildman–Crippen MR) is 89.6 cm³/mol. The zero-order chi connectivity index (χ0) is 15.5. The van der Waals surface area contributed by atoms with Gasteiger partial charge in [0.1, 0.15) is 5.75 Å². The van der Waals surface area contributed by atoms with Gasteiger partial charge in [-0.3, -0.25) is 9.79 Å². The molecule has 0 radical (unpaired) electrons. The molecule has 4 heteroatoms. The molecule has 0 atom stereocenters. The Hall–Kier alpha value is -2.88. The van der Waals surface area contributed by atoms with E-state index >= 15 is 0 Å². The van der Waals surface area contributed by atoms with Gasteiger partial charge in [-0.15, -0.1) is 0 Å². The average molecular weight is 292 g/mol. The van der Waals surface area contributed by atoms with Crippen molar-refractivity contribution in [2.75, 3.05) is 7.11 Å². The number of para-hydroxylation sites is 1. The second-order valence-corrected chi connectivity index (χ2v) is 5.05. The molecule has 1 heterocycles. The number of aryl methyl sites for hydroxylation is 1. The van der Waals surface area contributed by atoms with Crippen molar-refractivity contribution in [2.24, 2.45) is 4.99 Å². The molecule has 0 saturated carbocycles. The lowest BCUT2D eigenvalue weighted by Crippen LogP contribution is -2.12. The minimum atomic E-state index is -0.140. The SMILES string of the molecule is COc1ccc(N=Cc2cc3cccc(C)c3[nH]c2=O)cc1. The lowest BCUT2D eigenvalue weighted by atomic mass is 10.1. The second kappa shape index (κ2) is 5.85. The summed E-state index contributed by atoms with van der Waals surface area (Å²) in [4.78, 5) is 19.4. The molecule has 0 saturated heterocycles. The summed E-state index contributed by atoms with van der Waals surface area (Å²) in [6, 6.07) is 15.1. The number of nitrogens with zero attached hydrogens (tertiary/aromatic N) is 1. The van der Waals surface area contributed by atoms with Crippen molar-refractivity contribution in [3.63, 3.8) is 0 Å². The van der Waals surface area contributed by atoms with Crippen LogP contribution in [0.5, 0.6) is 5.75 Å². The van der Waals surface area contributed by atoms with Crippen LogP contribution in [0, 0.1) is 6.92 Å². The quantitative estimate of drug-likeness (QED) is 0.750. The number of rotatable bonds is 3. The molecule has 0 amide bonds. The molecule has 22 heavy (non-hydrogen) atoms. The molecule has 0 aliphatic rings. The molecular formula is C18H16N2O2. The first-order chi connectivity index (χ1) is 10.7. The van der Waals surface area contributed by atoms with Crippen molar-refractivity contribution in [3.8, 4) is 5.75 Å². The summed E-state index contributed by atoms with van der Waals surface area (Å²) in [6.45, 7) is 1.98. The third-order valence-corrected chi connectivity index (χ3v) is 3.54. The van der Waals surface area contributed by atoms with E-state index in [2.05, 4.69) is 9.98 Å². The van der Waals surface area contributed by atoms with Crippen LogP contribution in [0.25, 0.3) is 10.9 Å². The smallest absolute Gasteiger partial charge is 0.257 e. The Morgan fingerprint density at radius 1 is 1.14 bits per heavy atom. The number of nitrogens with one attached hydrogen (secondary N) is 1. The fourth-order valence-corrected chi connectivity index (χ4v) is 2.31. The highest BCUT2D eigenvalue weighted by Crippen LogP contribution is 2.18. The molecule has 2 aromatic carbocycles. The van der Waals surface area contributed by atoms with Crippen LogP contribution >= 0.6 is 0 Å². The number of aliphatic imine (C=N–C) groups is 1. The molecule has 0 aliphatic heterocycles. The minimum Gasteiger partial charge on any atom is -0.497 e. The topological polar surface area (TPSA) is 54.4 Å². The maximum atomic E-state index is 12.1. The minimum absolute atomic E-state index is 0.140. The monoisotopic (exact) mass is 292 g/mol. The van der Waals surface area contributed by atoms with Crippen molar-refractivity contribution < 1.29 is 4.74 Å². The van der Waals surface area contributed by atoms with E-state index in [0.717, 1.165) is 27.9 Å². The van der Waals surface area contributed by atoms with Gasteiger partial charge in [0.05, 0.1) is 23.9 Å². The molecule has 3 aromatic rings. The van der Waals surface area contributed by atoms with Gasteiger partial charge in [0.25, 0.3) is 5.56 Å². The summed E-state index contributed by atoms with van der Waals surface area (Å²) in [6.07, 6.45) is 1.59. The maximum absolute atomic E-state index is 12.1. The van der Waals surface area contributed by atoms with Crippen molar-refractivity contribution in [1.29, 1.82) is 0 Å². The third-order valence-electron chi connectivity index (χ3n) is 3.54. The molecule has 1 aromatic heterocycles. The lowest BCUT2D eigenvalue weighted by molar-refractivity contribution is 0.415. The zero-order valence-electron chi connectivity index (χ0n) is 12.5. The predicted octanol–water partition coefficient (Wildman–Crippen LogP) is 3.60. The van der Waals surface area contributed by atoms with Crippen molar-refractivity contribution in [3.05, 3.63) is 70.0 Å². The number of benzene rings is 2. The van der Waals surface area contributed by atoms with Crippen LogP contribution in [-0.4, -0.2) is 18.3 Å². The molecular weight excluding hydrogens is 276 g/mol. The molecule has 4 nitrogen and oxygen atoms in total. The Labute approximate surface area is 128 Å². The summed E-state index contributed by atoms with van der Waals surface area (Å²) in [5.74, 6) is 0.776. The summed E-state index contributed by atoms with van der Waals surface area (Å²) in [5.41, 5.74) is 3.08. The number of aromatic amines is 1. The first-order valence-electron chi connectivity index (χ1n) is 6.98. The van der Waals surface area contributed by atoms with Gasteiger partial charge in [-0.1, -0.05) is 18.2 Å². The van der Waals surface area contributed by atoms with Crippen LogP contribution in [0.4, 0.5) is 5.69 Å². The van der Waals surface area contributed by atoms with Gasteiger partial charge >= 0.3 is 0 Å². The number of pyridine rings is 1. The third kappa shape index (κ3) is 2.76. The Morgan fingerprint density at radius 3 is 2.64 bits per heavy atom. The van der Waals surface area contributed by atoms with Gasteiger partial charge < -0.3 is 9.72 Å². The fourth-order valence-electron chi connectivity index (χ4n) is 2.31. The van der Waals surface area contributed by atoms with Crippen LogP contribution in [-0.2, 0) is 0 Å². The van der Waals surface area contributed by atoms with Gasteiger partial charge in [0.2, 0.25) is 0 Å². The first-order valence-corrected chi connectivity index (χ1v) is 6.98. The molecule has 0 aliphatic carbocycles. The number of ether oxygens (including phenoxy) is 1. The number of fused-ring (bicyclic) bond motifs is 1. The molecule has 0 spiro atoms. The lowest BCUT2D eigenvalue weighted by Gasteiger charge is -2.02. The van der Waals surface area contributed by atoms with Crippen molar-refractivity contribution in [1.82, 2.24) is 4.98 Å². The van der Waals surface area contributed by atoms with Crippen molar-refractivity contribution in [2.45, 2.75) is 6.92 Å². The Balaban J connectivity index is 1.97. The van der Waals surface area contributed by atoms with E-state index in [1.54, 1.807) is 13.3 Å². The number of aromatic nitrogens is 1. The average Bonchev–Trinajstić information content (AvgIpc) is 2.54. The number of H-pyrrole nitrogens is 1. The van der Waals surface area contributed by atoms with E-state index in [1.807, 2.05) is 55.5 Å². The standard InChI is InChI=1S/C18H16N2O2/c1-12-4-3-5-13-10-14(18(21)20-17(12)13)11-19-15-6-8-16(22-2)9-7-15/h3-11H,1-2H3,(H,20,21). The van der Waals surface area contributed by atoms with Crippen LogP contribution in [0.15, 0.2) is 58.3 Å². The molecule has 0 unspecified atom stereocenters. The Morgan fingerprint density at radius 2 is 1.91 bits per heavy atom. The summed E-state index contributed by atoms with van der Waals surface area (Å²) < 4.78 is 5.10. The van der Waals surface area contributed by atoms with Crippen LogP contribution < -0.4 is 10.3 Å². The summed E-state index contributed by atoms with van der Waals surface area (Å²) >= 11 is 0. The normalized spacial score (nSPS) is 11.2. The van der Waals surface area contributed by atoms with Gasteiger partial charge in [-0.2, -0.15) is 0 Å². The maximum Gasteiger partial charge on any atom is 0.257 e. The summed E-state index contributed by atoms with van der Waals surface area (Å²) in [7, 11) is 1.62. The molecule has 1 N–H and O–H groups in total. The summed E-state index contributed by atoms with van der Waals surface area (Å²) in [5, 5.41) is 0.996. The van der Waals surface area contributed by atoms with E-state index in [9.17, 15) is 4.79 Å². The van der Waals surface area contributed by atoms with E-state index in [4.69, 9.17) is 4.74 Å². The van der Waals surface area contributed by atoms with E-state index in [-0.39, 0.29) is 5.56 Å². The number of methoxy groups -OCH3 is 1. The van der Waals surface area contributed by atoms with Gasteiger partial charge in [0.15, 0.2) is 0 Å². The highest BCUT2D eigenvalue weighted by molar-refractivity contribution is 5.89. The highest BCUT2D eigenvalue weighted by Gasteiger charge is 2.02. The van der Waals surface area contributed by atoms with Crippen LogP contribution in [0.2, 0.25) is 0 Å².